The van der Waals surface area contributed by atoms with Crippen molar-refractivity contribution in [3.8, 4) is 0 Å². The summed E-state index contributed by atoms with van der Waals surface area (Å²) in [5, 5.41) is 16.8. The van der Waals surface area contributed by atoms with Gasteiger partial charge in [0.15, 0.2) is 0 Å². The molecule has 0 fully saturated rings. The van der Waals surface area contributed by atoms with Gasteiger partial charge in [-0.3, -0.25) is 0 Å². The summed E-state index contributed by atoms with van der Waals surface area (Å²) in [6, 6.07) is 8.23. The van der Waals surface area contributed by atoms with Crippen LogP contribution in [-0.2, 0) is 17.8 Å². The third-order valence-electron chi connectivity index (χ3n) is 3.51. The standard InChI is InChI=1S/C16H26O.C3H4O2/c1-2-3-4-5-6-7-8-11-15-12-9-10-13-16(15)14-17;1-2-3(4)5/h9-10,12-13,17H,2-8,11,14H2,1H3;2H,1H2,(H,4,5). The highest BCUT2D eigenvalue weighted by Gasteiger charge is 1.99. The van der Waals surface area contributed by atoms with Gasteiger partial charge in [0.25, 0.3) is 0 Å². The molecule has 1 aromatic carbocycles. The molecule has 0 aliphatic carbocycles. The van der Waals surface area contributed by atoms with Crippen molar-refractivity contribution in [2.75, 3.05) is 0 Å². The Bertz CT molecular complexity index is 413. The SMILES string of the molecule is C=CC(=O)O.CCCCCCCCCc1ccccc1CO. The number of aryl methyl sites for hydroxylation is 1. The molecule has 0 bridgehead atoms. The molecular formula is C19H30O3. The van der Waals surface area contributed by atoms with E-state index in [0.717, 1.165) is 18.1 Å². The quantitative estimate of drug-likeness (QED) is 0.485. The smallest absolute Gasteiger partial charge is 0.327 e. The maximum Gasteiger partial charge on any atom is 0.327 e. The lowest BCUT2D eigenvalue weighted by molar-refractivity contribution is -0.131. The first-order chi connectivity index (χ1) is 10.7. The van der Waals surface area contributed by atoms with Crippen LogP contribution >= 0.6 is 0 Å². The van der Waals surface area contributed by atoms with Gasteiger partial charge in [-0.15, -0.1) is 0 Å². The minimum absolute atomic E-state index is 0.173. The van der Waals surface area contributed by atoms with E-state index in [-0.39, 0.29) is 6.61 Å². The molecule has 3 nitrogen and oxygen atoms in total. The largest absolute Gasteiger partial charge is 0.478 e. The van der Waals surface area contributed by atoms with Crippen LogP contribution in [0.25, 0.3) is 0 Å². The van der Waals surface area contributed by atoms with Crippen molar-refractivity contribution in [1.29, 1.82) is 0 Å². The third kappa shape index (κ3) is 11.1. The van der Waals surface area contributed by atoms with Gasteiger partial charge in [0, 0.05) is 6.08 Å². The van der Waals surface area contributed by atoms with Gasteiger partial charge in [-0.05, 0) is 24.0 Å². The predicted molar refractivity (Wildman–Crippen MR) is 91.9 cm³/mol. The van der Waals surface area contributed by atoms with Crippen LogP contribution in [0.3, 0.4) is 0 Å². The molecule has 0 aliphatic heterocycles. The van der Waals surface area contributed by atoms with E-state index in [9.17, 15) is 9.90 Å². The second kappa shape index (κ2) is 14.3. The van der Waals surface area contributed by atoms with E-state index in [1.807, 2.05) is 12.1 Å². The number of benzene rings is 1. The first-order valence-corrected chi connectivity index (χ1v) is 8.18. The Balaban J connectivity index is 0.000000763. The van der Waals surface area contributed by atoms with Crippen LogP contribution in [0, 0.1) is 0 Å². The minimum Gasteiger partial charge on any atom is -0.478 e. The Hall–Kier alpha value is -1.61. The van der Waals surface area contributed by atoms with Crippen molar-refractivity contribution in [2.45, 2.75) is 64.9 Å². The summed E-state index contributed by atoms with van der Waals surface area (Å²) in [6.45, 7) is 5.39. The van der Waals surface area contributed by atoms with Gasteiger partial charge in [-0.2, -0.15) is 0 Å². The second-order valence-electron chi connectivity index (χ2n) is 5.34. The van der Waals surface area contributed by atoms with Crippen LogP contribution in [-0.4, -0.2) is 16.2 Å². The Labute approximate surface area is 134 Å². The summed E-state index contributed by atoms with van der Waals surface area (Å²) in [6.07, 6.45) is 11.4. The molecule has 0 heterocycles. The van der Waals surface area contributed by atoms with E-state index >= 15 is 0 Å². The molecule has 0 unspecified atom stereocenters. The van der Waals surface area contributed by atoms with E-state index in [1.54, 1.807) is 0 Å². The van der Waals surface area contributed by atoms with Crippen molar-refractivity contribution in [3.05, 3.63) is 48.0 Å². The average Bonchev–Trinajstić information content (AvgIpc) is 2.55. The highest BCUT2D eigenvalue weighted by molar-refractivity contribution is 5.78. The predicted octanol–water partition coefficient (Wildman–Crippen LogP) is 4.73. The molecule has 1 rings (SSSR count). The summed E-state index contributed by atoms with van der Waals surface area (Å²) >= 11 is 0. The van der Waals surface area contributed by atoms with Crippen molar-refractivity contribution in [3.63, 3.8) is 0 Å². The van der Waals surface area contributed by atoms with Crippen molar-refractivity contribution < 1.29 is 15.0 Å². The molecule has 124 valence electrons. The molecule has 0 aliphatic rings. The maximum absolute atomic E-state index is 9.25. The van der Waals surface area contributed by atoms with Crippen molar-refractivity contribution >= 4 is 5.97 Å². The van der Waals surface area contributed by atoms with E-state index in [4.69, 9.17) is 5.11 Å². The number of rotatable bonds is 10. The van der Waals surface area contributed by atoms with Gasteiger partial charge in [-0.25, -0.2) is 4.79 Å². The molecule has 3 heteroatoms. The number of aliphatic hydroxyl groups is 1. The molecule has 1 aromatic rings. The van der Waals surface area contributed by atoms with E-state index in [1.165, 1.54) is 50.5 Å². The van der Waals surface area contributed by atoms with E-state index in [0.29, 0.717) is 0 Å². The maximum atomic E-state index is 9.25. The third-order valence-corrected chi connectivity index (χ3v) is 3.51. The number of aliphatic carboxylic acids is 1. The molecule has 0 radical (unpaired) electrons. The van der Waals surface area contributed by atoms with Crippen LogP contribution in [0.5, 0.6) is 0 Å². The minimum atomic E-state index is -0.981. The first-order valence-electron chi connectivity index (χ1n) is 8.18. The molecule has 0 saturated heterocycles. The lowest BCUT2D eigenvalue weighted by atomic mass is 10.0. The molecule has 0 spiro atoms. The Morgan fingerprint density at radius 1 is 1.05 bits per heavy atom. The van der Waals surface area contributed by atoms with Crippen LogP contribution < -0.4 is 0 Å². The number of aliphatic hydroxyl groups excluding tert-OH is 1. The zero-order valence-electron chi connectivity index (χ0n) is 13.8. The molecule has 0 atom stereocenters. The van der Waals surface area contributed by atoms with Crippen LogP contribution in [0.2, 0.25) is 0 Å². The summed E-state index contributed by atoms with van der Waals surface area (Å²) < 4.78 is 0. The summed E-state index contributed by atoms with van der Waals surface area (Å²) in [7, 11) is 0. The number of carboxylic acid groups (broad SMARTS) is 1. The molecule has 0 aromatic heterocycles. The normalized spacial score (nSPS) is 9.73. The number of hydrogen-bond donors (Lipinski definition) is 2. The van der Waals surface area contributed by atoms with Crippen LogP contribution in [0.15, 0.2) is 36.9 Å². The highest BCUT2D eigenvalue weighted by atomic mass is 16.4. The molecule has 2 N–H and O–H groups in total. The summed E-state index contributed by atoms with van der Waals surface area (Å²) in [5.74, 6) is -0.981. The van der Waals surface area contributed by atoms with Gasteiger partial charge < -0.3 is 10.2 Å². The fraction of sp³-hybridized carbons (Fsp3) is 0.526. The highest BCUT2D eigenvalue weighted by Crippen LogP contribution is 2.14. The lowest BCUT2D eigenvalue weighted by Crippen LogP contribution is -1.94. The monoisotopic (exact) mass is 306 g/mol. The van der Waals surface area contributed by atoms with E-state index < -0.39 is 5.97 Å². The van der Waals surface area contributed by atoms with Gasteiger partial charge in [0.1, 0.15) is 0 Å². The summed E-state index contributed by atoms with van der Waals surface area (Å²) in [4.78, 5) is 9.25. The number of carbonyl (C=O) groups is 1. The van der Waals surface area contributed by atoms with E-state index in [2.05, 4.69) is 25.6 Å². The van der Waals surface area contributed by atoms with Gasteiger partial charge >= 0.3 is 5.97 Å². The Morgan fingerprint density at radius 3 is 2.05 bits per heavy atom. The van der Waals surface area contributed by atoms with Crippen LogP contribution in [0.4, 0.5) is 0 Å². The zero-order valence-corrected chi connectivity index (χ0v) is 13.8. The number of carboxylic acids is 1. The second-order valence-corrected chi connectivity index (χ2v) is 5.34. The fourth-order valence-electron chi connectivity index (χ4n) is 2.23. The average molecular weight is 306 g/mol. The van der Waals surface area contributed by atoms with Crippen molar-refractivity contribution in [2.24, 2.45) is 0 Å². The molecule has 0 amide bonds. The lowest BCUT2D eigenvalue weighted by Gasteiger charge is -2.06. The van der Waals surface area contributed by atoms with Gasteiger partial charge in [-0.1, -0.05) is 76.3 Å². The van der Waals surface area contributed by atoms with Gasteiger partial charge in [0.2, 0.25) is 0 Å². The molecule has 22 heavy (non-hydrogen) atoms. The summed E-state index contributed by atoms with van der Waals surface area (Å²) in [5.41, 5.74) is 2.42. The van der Waals surface area contributed by atoms with Crippen molar-refractivity contribution in [1.82, 2.24) is 0 Å². The fourth-order valence-corrected chi connectivity index (χ4v) is 2.23. The topological polar surface area (TPSA) is 57.5 Å². The van der Waals surface area contributed by atoms with Crippen LogP contribution in [0.1, 0.15) is 63.0 Å². The number of unbranched alkanes of at least 4 members (excludes halogenated alkanes) is 6. The first kappa shape index (κ1) is 20.4. The number of hydrogen-bond acceptors (Lipinski definition) is 2. The zero-order chi connectivity index (χ0) is 16.6. The Kier molecular flexibility index (Phi) is 13.3. The Morgan fingerprint density at radius 2 is 1.55 bits per heavy atom. The molecule has 0 saturated carbocycles. The molecular weight excluding hydrogens is 276 g/mol. The van der Waals surface area contributed by atoms with Gasteiger partial charge in [0.05, 0.1) is 6.61 Å².